The molecule has 0 spiro atoms. The number of benzene rings is 1. The highest BCUT2D eigenvalue weighted by Gasteiger charge is 2.33. The van der Waals surface area contributed by atoms with Crippen LogP contribution in [-0.2, 0) is 18.4 Å². The van der Waals surface area contributed by atoms with Crippen molar-refractivity contribution in [3.63, 3.8) is 0 Å². The maximum Gasteiger partial charge on any atom is 0.347 e. The van der Waals surface area contributed by atoms with Crippen LogP contribution >= 0.6 is 11.8 Å². The molecule has 36 heavy (non-hydrogen) atoms. The highest BCUT2D eigenvalue weighted by atomic mass is 32.2. The van der Waals surface area contributed by atoms with E-state index in [-0.39, 0.29) is 12.5 Å². The van der Waals surface area contributed by atoms with Crippen molar-refractivity contribution < 1.29 is 19.4 Å². The molecule has 1 N–H and O–H groups in total. The third-order valence-electron chi connectivity index (χ3n) is 5.80. The van der Waals surface area contributed by atoms with E-state index in [1.807, 2.05) is 31.2 Å². The number of aryl methyl sites for hydroxylation is 1. The van der Waals surface area contributed by atoms with Crippen LogP contribution in [0.4, 0.5) is 0 Å². The minimum absolute atomic E-state index is 0.0899. The summed E-state index contributed by atoms with van der Waals surface area (Å²) in [6.45, 7) is 6.86. The van der Waals surface area contributed by atoms with Gasteiger partial charge in [-0.05, 0) is 38.0 Å². The molecule has 1 unspecified atom stereocenters. The van der Waals surface area contributed by atoms with E-state index in [1.54, 1.807) is 6.92 Å². The van der Waals surface area contributed by atoms with E-state index in [1.165, 1.54) is 23.5 Å². The zero-order valence-corrected chi connectivity index (χ0v) is 22.6. The molecule has 0 radical (unpaired) electrons. The molecule has 0 saturated heterocycles. The zero-order valence-electron chi connectivity index (χ0n) is 21.8. The molecule has 2 rings (SSSR count). The van der Waals surface area contributed by atoms with Gasteiger partial charge in [-0.15, -0.1) is 16.9 Å². The number of carboxylic acids is 1. The summed E-state index contributed by atoms with van der Waals surface area (Å²) in [5, 5.41) is 13.8. The van der Waals surface area contributed by atoms with E-state index in [0.717, 1.165) is 48.0 Å². The van der Waals surface area contributed by atoms with Crippen LogP contribution in [0, 0.1) is 0 Å². The Morgan fingerprint density at radius 3 is 2.47 bits per heavy atom. The predicted molar refractivity (Wildman–Crippen MR) is 141 cm³/mol. The number of carboxylic acid groups (broad SMARTS) is 1. The normalized spacial score (nSPS) is 12.8. The Bertz CT molecular complexity index is 1100. The molecular formula is C26H39N3O6S. The largest absolute Gasteiger partial charge is 0.493 e. The van der Waals surface area contributed by atoms with Crippen LogP contribution in [0.3, 0.4) is 0 Å². The molecule has 1 aromatic carbocycles. The molecule has 10 heteroatoms. The summed E-state index contributed by atoms with van der Waals surface area (Å²) in [6, 6.07) is 7.35. The van der Waals surface area contributed by atoms with Crippen LogP contribution in [-0.4, -0.2) is 43.4 Å². The zero-order chi connectivity index (χ0) is 26.6. The lowest BCUT2D eigenvalue weighted by Crippen LogP contribution is -2.40. The third kappa shape index (κ3) is 8.72. The molecule has 1 atom stereocenters. The van der Waals surface area contributed by atoms with E-state index in [0.29, 0.717) is 31.7 Å². The van der Waals surface area contributed by atoms with Gasteiger partial charge < -0.3 is 14.6 Å². The maximum atomic E-state index is 12.4. The van der Waals surface area contributed by atoms with Gasteiger partial charge in [0.25, 0.3) is 5.88 Å². The number of carbonyl (C=O) groups is 1. The van der Waals surface area contributed by atoms with Crippen molar-refractivity contribution in [3.05, 3.63) is 45.1 Å². The summed E-state index contributed by atoms with van der Waals surface area (Å²) in [5.41, 5.74) is -0.997. The second kappa shape index (κ2) is 14.7. The van der Waals surface area contributed by atoms with Crippen molar-refractivity contribution in [2.24, 2.45) is 7.05 Å². The van der Waals surface area contributed by atoms with Gasteiger partial charge in [-0.1, -0.05) is 52.0 Å². The summed E-state index contributed by atoms with van der Waals surface area (Å²) < 4.78 is 12.8. The average molecular weight is 522 g/mol. The Labute approximate surface area is 216 Å². The summed E-state index contributed by atoms with van der Waals surface area (Å²) in [7, 11) is 1.43. The van der Waals surface area contributed by atoms with Gasteiger partial charge in [-0.25, -0.2) is 9.48 Å². The second-order valence-electron chi connectivity index (χ2n) is 9.00. The minimum Gasteiger partial charge on any atom is -0.493 e. The smallest absolute Gasteiger partial charge is 0.347 e. The van der Waals surface area contributed by atoms with Crippen LogP contribution in [0.1, 0.15) is 72.1 Å². The summed E-state index contributed by atoms with van der Waals surface area (Å²) >= 11 is 1.32. The Kier molecular flexibility index (Phi) is 12.1. The molecule has 0 fully saturated rings. The van der Waals surface area contributed by atoms with E-state index in [9.17, 15) is 19.5 Å². The number of hydrogen-bond donors (Lipinski definition) is 1. The molecular weight excluding hydrogens is 482 g/mol. The number of unbranched alkanes of at least 4 members (excludes halogenated alkanes) is 4. The number of aromatic nitrogens is 3. The molecule has 1 heterocycles. The molecule has 200 valence electrons. The van der Waals surface area contributed by atoms with Gasteiger partial charge in [0.15, 0.2) is 0 Å². The highest BCUT2D eigenvalue weighted by molar-refractivity contribution is 8.01. The Hall–Kier alpha value is -2.75. The number of thioether (sulfide) groups is 1. The van der Waals surface area contributed by atoms with Crippen molar-refractivity contribution in [2.75, 3.05) is 13.2 Å². The summed E-state index contributed by atoms with van der Waals surface area (Å²) in [6.07, 6.45) is 7.09. The number of hydrogen-bond acceptors (Lipinski definition) is 7. The van der Waals surface area contributed by atoms with Crippen LogP contribution in [0.5, 0.6) is 11.6 Å². The van der Waals surface area contributed by atoms with Crippen LogP contribution in [0.2, 0.25) is 0 Å². The monoisotopic (exact) mass is 521 g/mol. The van der Waals surface area contributed by atoms with Gasteiger partial charge >= 0.3 is 17.2 Å². The lowest BCUT2D eigenvalue weighted by atomic mass is 10.1. The summed E-state index contributed by atoms with van der Waals surface area (Å²) in [5.74, 6) is -0.289. The molecule has 1 aromatic heterocycles. The second-order valence-corrected chi connectivity index (χ2v) is 10.6. The fourth-order valence-corrected chi connectivity index (χ4v) is 4.92. The van der Waals surface area contributed by atoms with Gasteiger partial charge in [0.1, 0.15) is 10.5 Å². The van der Waals surface area contributed by atoms with E-state index in [4.69, 9.17) is 9.47 Å². The molecule has 0 bridgehead atoms. The van der Waals surface area contributed by atoms with Gasteiger partial charge in [-0.2, -0.15) is 0 Å². The molecule has 0 saturated carbocycles. The first-order valence-electron chi connectivity index (χ1n) is 12.7. The predicted octanol–water partition coefficient (Wildman–Crippen LogP) is 4.50. The molecule has 9 nitrogen and oxygen atoms in total. The van der Waals surface area contributed by atoms with Crippen molar-refractivity contribution in [1.82, 2.24) is 14.3 Å². The SMILES string of the molecule is CCCCCCCn1nc(OCCCOc2cccc(SC(C)(CCC)C(=O)O)c2)c(=O)n(C)c1=O. The Balaban J connectivity index is 1.89. The molecule has 0 aliphatic carbocycles. The first-order chi connectivity index (χ1) is 17.2. The highest BCUT2D eigenvalue weighted by Crippen LogP contribution is 2.37. The van der Waals surface area contributed by atoms with E-state index in [2.05, 4.69) is 12.0 Å². The van der Waals surface area contributed by atoms with Crippen LogP contribution < -0.4 is 20.7 Å². The first kappa shape index (κ1) is 29.5. The number of nitrogens with zero attached hydrogens (tertiary/aromatic N) is 3. The lowest BCUT2D eigenvalue weighted by Gasteiger charge is -2.23. The Morgan fingerprint density at radius 2 is 1.78 bits per heavy atom. The van der Waals surface area contributed by atoms with Crippen molar-refractivity contribution >= 4 is 17.7 Å². The van der Waals surface area contributed by atoms with E-state index < -0.39 is 22.0 Å². The van der Waals surface area contributed by atoms with Crippen molar-refractivity contribution in [2.45, 2.75) is 88.3 Å². The quantitative estimate of drug-likeness (QED) is 0.239. The van der Waals surface area contributed by atoms with E-state index >= 15 is 0 Å². The van der Waals surface area contributed by atoms with Crippen molar-refractivity contribution in [3.8, 4) is 11.6 Å². The van der Waals surface area contributed by atoms with Gasteiger partial charge in [0.05, 0.1) is 13.2 Å². The van der Waals surface area contributed by atoms with Gasteiger partial charge in [-0.3, -0.25) is 14.2 Å². The van der Waals surface area contributed by atoms with Gasteiger partial charge in [0.2, 0.25) is 0 Å². The topological polar surface area (TPSA) is 113 Å². The molecule has 0 aliphatic rings. The molecule has 0 amide bonds. The van der Waals surface area contributed by atoms with Crippen molar-refractivity contribution in [1.29, 1.82) is 0 Å². The van der Waals surface area contributed by atoms with Crippen LogP contribution in [0.25, 0.3) is 0 Å². The summed E-state index contributed by atoms with van der Waals surface area (Å²) in [4.78, 5) is 37.3. The van der Waals surface area contributed by atoms with Gasteiger partial charge in [0, 0.05) is 24.9 Å². The number of ether oxygens (including phenoxy) is 2. The fraction of sp³-hybridized carbons (Fsp3) is 0.615. The number of aliphatic carboxylic acids is 1. The lowest BCUT2D eigenvalue weighted by molar-refractivity contribution is -0.139. The molecule has 2 aromatic rings. The first-order valence-corrected chi connectivity index (χ1v) is 13.5. The van der Waals surface area contributed by atoms with Crippen LogP contribution in [0.15, 0.2) is 38.8 Å². The minimum atomic E-state index is -0.896. The molecule has 0 aliphatic heterocycles. The fourth-order valence-electron chi connectivity index (χ4n) is 3.68. The number of rotatable bonds is 17. The standard InChI is InChI=1S/C26H39N3O6S/c1-5-7-8-9-10-16-29-25(33)28(4)23(30)22(27-29)35-18-12-17-34-20-13-11-14-21(19-20)36-26(3,15-6-2)24(31)32/h11,13-14,19H,5-10,12,15-18H2,1-4H3,(H,31,32). The average Bonchev–Trinajstić information content (AvgIpc) is 2.84. The maximum absolute atomic E-state index is 12.4. The Morgan fingerprint density at radius 1 is 1.06 bits per heavy atom. The third-order valence-corrected chi connectivity index (χ3v) is 7.12.